The molecule has 0 aliphatic heterocycles. The highest BCUT2D eigenvalue weighted by Crippen LogP contribution is 2.49. The van der Waals surface area contributed by atoms with Gasteiger partial charge in [0.1, 0.15) is 6.04 Å². The second kappa shape index (κ2) is 16.5. The second-order valence-electron chi connectivity index (χ2n) is 11.5. The summed E-state index contributed by atoms with van der Waals surface area (Å²) < 4.78 is 0. The van der Waals surface area contributed by atoms with E-state index in [-0.39, 0.29) is 17.9 Å². The van der Waals surface area contributed by atoms with E-state index >= 15 is 0 Å². The normalized spacial score (nSPS) is 25.0. The van der Waals surface area contributed by atoms with Gasteiger partial charge in [0.15, 0.2) is 0 Å². The van der Waals surface area contributed by atoms with Gasteiger partial charge in [-0.05, 0) is 108 Å². The Labute approximate surface area is 213 Å². The molecule has 7 nitrogen and oxygen atoms in total. The van der Waals surface area contributed by atoms with Crippen LogP contribution >= 0.6 is 0 Å². The lowest BCUT2D eigenvalue weighted by Gasteiger charge is -2.28. The highest BCUT2D eigenvalue weighted by Gasteiger charge is 2.40. The van der Waals surface area contributed by atoms with Crippen molar-refractivity contribution in [2.75, 3.05) is 39.3 Å². The van der Waals surface area contributed by atoms with Crippen LogP contribution in [0.2, 0.25) is 0 Å². The zero-order chi connectivity index (χ0) is 24.7. The van der Waals surface area contributed by atoms with E-state index in [2.05, 4.69) is 21.3 Å². The summed E-state index contributed by atoms with van der Waals surface area (Å²) in [6.45, 7) is 5.39. The zero-order valence-electron chi connectivity index (χ0n) is 22.1. The number of hydrogen-bond donors (Lipinski definition) is 5. The van der Waals surface area contributed by atoms with Gasteiger partial charge in [-0.15, -0.1) is 0 Å². The highest BCUT2D eigenvalue weighted by molar-refractivity contribution is 5.87. The number of nitrogens with two attached hydrogens (primary N) is 1. The smallest absolute Gasteiger partial charge is 0.242 e. The molecule has 6 N–H and O–H groups in total. The lowest BCUT2D eigenvalue weighted by atomic mass is 9.84. The van der Waals surface area contributed by atoms with Crippen LogP contribution in [-0.4, -0.2) is 57.1 Å². The highest BCUT2D eigenvalue weighted by atomic mass is 16.2. The summed E-state index contributed by atoms with van der Waals surface area (Å²) in [5.74, 6) is 2.81. The minimum atomic E-state index is -0.371. The maximum atomic E-state index is 13.0. The van der Waals surface area contributed by atoms with Crippen molar-refractivity contribution in [2.24, 2.45) is 29.4 Å². The number of carbonyl (C=O) groups is 2. The average molecular weight is 492 g/mol. The number of nitrogens with one attached hydrogen (secondary N) is 4. The van der Waals surface area contributed by atoms with E-state index in [4.69, 9.17) is 5.73 Å². The maximum absolute atomic E-state index is 13.0. The van der Waals surface area contributed by atoms with E-state index in [1.54, 1.807) is 0 Å². The molecule has 2 amide bonds. The molecule has 3 unspecified atom stereocenters. The number of amides is 2. The van der Waals surface area contributed by atoms with Crippen LogP contribution in [-0.2, 0) is 9.59 Å². The molecule has 0 aromatic rings. The maximum Gasteiger partial charge on any atom is 0.242 e. The molecule has 0 saturated heterocycles. The van der Waals surface area contributed by atoms with Crippen LogP contribution in [0.25, 0.3) is 0 Å². The monoisotopic (exact) mass is 491 g/mol. The molecule has 3 saturated carbocycles. The Hall–Kier alpha value is -1.18. The topological polar surface area (TPSA) is 108 Å². The van der Waals surface area contributed by atoms with Gasteiger partial charge in [0.05, 0.1) is 0 Å². The summed E-state index contributed by atoms with van der Waals surface area (Å²) in [7, 11) is 0. The van der Waals surface area contributed by atoms with Crippen LogP contribution in [0.15, 0.2) is 0 Å². The molecule has 0 aromatic carbocycles. The molecule has 4 atom stereocenters. The van der Waals surface area contributed by atoms with Crippen LogP contribution in [0.5, 0.6) is 0 Å². The predicted octanol–water partition coefficient (Wildman–Crippen LogP) is 3.08. The second-order valence-corrected chi connectivity index (χ2v) is 11.5. The van der Waals surface area contributed by atoms with Crippen LogP contribution in [0.3, 0.4) is 0 Å². The van der Waals surface area contributed by atoms with Crippen molar-refractivity contribution in [1.29, 1.82) is 0 Å². The van der Waals surface area contributed by atoms with Crippen molar-refractivity contribution < 1.29 is 9.59 Å². The lowest BCUT2D eigenvalue weighted by Crippen LogP contribution is -2.48. The molecule has 3 aliphatic rings. The zero-order valence-corrected chi connectivity index (χ0v) is 22.1. The Kier molecular flexibility index (Phi) is 13.4. The molecule has 3 fully saturated rings. The van der Waals surface area contributed by atoms with Gasteiger partial charge in [0.25, 0.3) is 0 Å². The predicted molar refractivity (Wildman–Crippen MR) is 143 cm³/mol. The number of unbranched alkanes of at least 4 members (excludes halogenated alkanes) is 1. The SMILES string of the molecule is NCCCNCCCCNCCCNC(=O)[C@H](CC1CCCCC1)NC(=O)CC1CC2CCC1C2. The Morgan fingerprint density at radius 3 is 2.17 bits per heavy atom. The molecular weight excluding hydrogens is 438 g/mol. The fourth-order valence-electron chi connectivity index (χ4n) is 6.63. The van der Waals surface area contributed by atoms with E-state index in [1.807, 2.05) is 0 Å². The fraction of sp³-hybridized carbons (Fsp3) is 0.929. The van der Waals surface area contributed by atoms with Gasteiger partial charge in [-0.25, -0.2) is 0 Å². The number of hydrogen-bond acceptors (Lipinski definition) is 5. The van der Waals surface area contributed by atoms with Gasteiger partial charge in [-0.2, -0.15) is 0 Å². The van der Waals surface area contributed by atoms with Gasteiger partial charge in [0.2, 0.25) is 11.8 Å². The molecule has 2 bridgehead atoms. The Balaban J connectivity index is 1.30. The molecule has 0 radical (unpaired) electrons. The lowest BCUT2D eigenvalue weighted by molar-refractivity contribution is -0.130. The van der Waals surface area contributed by atoms with E-state index in [0.717, 1.165) is 70.2 Å². The van der Waals surface area contributed by atoms with Gasteiger partial charge in [0, 0.05) is 13.0 Å². The molecular formula is C28H53N5O2. The average Bonchev–Trinajstić information content (AvgIpc) is 3.48. The standard InChI is InChI=1S/C28H53N5O2/c29-12-6-15-30-13-4-5-14-31-16-7-17-32-28(35)26(20-22-8-2-1-3-9-22)33-27(34)21-25-19-23-10-11-24(25)18-23/h22-26,30-31H,1-21,29H2,(H,32,35)(H,33,34)/t23?,24?,25?,26-/m0/s1. The first-order valence-corrected chi connectivity index (χ1v) is 14.8. The Morgan fingerprint density at radius 2 is 1.51 bits per heavy atom. The molecule has 7 heteroatoms. The van der Waals surface area contributed by atoms with Crippen molar-refractivity contribution in [2.45, 2.75) is 102 Å². The first kappa shape index (κ1) is 28.4. The third-order valence-electron chi connectivity index (χ3n) is 8.62. The molecule has 0 spiro atoms. The fourth-order valence-corrected chi connectivity index (χ4v) is 6.63. The van der Waals surface area contributed by atoms with Crippen molar-refractivity contribution >= 4 is 11.8 Å². The van der Waals surface area contributed by atoms with Gasteiger partial charge in [-0.1, -0.05) is 38.5 Å². The minimum absolute atomic E-state index is 0.0143. The van der Waals surface area contributed by atoms with Crippen LogP contribution in [0, 0.1) is 23.7 Å². The number of fused-ring (bicyclic) bond motifs is 2. The summed E-state index contributed by atoms with van der Waals surface area (Å²) in [6.07, 6.45) is 17.1. The first-order valence-electron chi connectivity index (χ1n) is 14.8. The summed E-state index contributed by atoms with van der Waals surface area (Å²) in [5.41, 5.74) is 5.49. The molecule has 0 aromatic heterocycles. The van der Waals surface area contributed by atoms with Crippen molar-refractivity contribution in [1.82, 2.24) is 21.3 Å². The summed E-state index contributed by atoms with van der Waals surface area (Å²) in [4.78, 5) is 25.9. The van der Waals surface area contributed by atoms with Gasteiger partial charge >= 0.3 is 0 Å². The van der Waals surface area contributed by atoms with Crippen LogP contribution < -0.4 is 27.0 Å². The largest absolute Gasteiger partial charge is 0.354 e. The summed E-state index contributed by atoms with van der Waals surface area (Å²) >= 11 is 0. The molecule has 3 rings (SSSR count). The summed E-state index contributed by atoms with van der Waals surface area (Å²) in [5, 5.41) is 13.2. The van der Waals surface area contributed by atoms with E-state index in [1.165, 1.54) is 64.2 Å². The minimum Gasteiger partial charge on any atom is -0.354 e. The van der Waals surface area contributed by atoms with E-state index in [9.17, 15) is 9.59 Å². The van der Waals surface area contributed by atoms with Crippen LogP contribution in [0.1, 0.15) is 96.3 Å². The molecule has 3 aliphatic carbocycles. The van der Waals surface area contributed by atoms with Crippen molar-refractivity contribution in [3.8, 4) is 0 Å². The number of rotatable bonds is 18. The number of carbonyl (C=O) groups excluding carboxylic acids is 2. The van der Waals surface area contributed by atoms with Crippen LogP contribution in [0.4, 0.5) is 0 Å². The summed E-state index contributed by atoms with van der Waals surface area (Å²) in [6, 6.07) is -0.371. The van der Waals surface area contributed by atoms with Crippen molar-refractivity contribution in [3.05, 3.63) is 0 Å². The Bertz CT molecular complexity index is 610. The molecule has 202 valence electrons. The van der Waals surface area contributed by atoms with Crippen molar-refractivity contribution in [3.63, 3.8) is 0 Å². The third-order valence-corrected chi connectivity index (χ3v) is 8.62. The Morgan fingerprint density at radius 1 is 0.800 bits per heavy atom. The quantitative estimate of drug-likeness (QED) is 0.189. The van der Waals surface area contributed by atoms with Gasteiger partial charge in [-0.3, -0.25) is 9.59 Å². The van der Waals surface area contributed by atoms with E-state index in [0.29, 0.717) is 24.8 Å². The van der Waals surface area contributed by atoms with Gasteiger partial charge < -0.3 is 27.0 Å². The molecule has 0 heterocycles. The van der Waals surface area contributed by atoms with E-state index < -0.39 is 0 Å². The first-order chi connectivity index (χ1) is 17.2. The third kappa shape index (κ3) is 10.8. The molecule has 35 heavy (non-hydrogen) atoms.